The highest BCUT2D eigenvalue weighted by Crippen LogP contribution is 2.26. The Hall–Kier alpha value is -0.120. The van der Waals surface area contributed by atoms with Gasteiger partial charge in [-0.2, -0.15) is 0 Å². The second-order valence-corrected chi connectivity index (χ2v) is 6.32. The lowest BCUT2D eigenvalue weighted by molar-refractivity contribution is 0.0247. The molecule has 0 amide bonds. The van der Waals surface area contributed by atoms with Gasteiger partial charge in [0.2, 0.25) is 0 Å². The fraction of sp³-hybridized carbons (Fsp3) is 1.00. The van der Waals surface area contributed by atoms with E-state index in [0.29, 0.717) is 0 Å². The largest absolute Gasteiger partial charge is 0.389 e. The van der Waals surface area contributed by atoms with Crippen molar-refractivity contribution in [2.75, 3.05) is 32.7 Å². The Morgan fingerprint density at radius 1 is 1.22 bits per heavy atom. The van der Waals surface area contributed by atoms with Crippen molar-refractivity contribution in [2.24, 2.45) is 5.92 Å². The monoisotopic (exact) mass is 254 g/mol. The van der Waals surface area contributed by atoms with Crippen LogP contribution in [-0.4, -0.2) is 48.3 Å². The van der Waals surface area contributed by atoms with Crippen LogP contribution in [0.25, 0.3) is 0 Å². The molecule has 1 aliphatic carbocycles. The van der Waals surface area contributed by atoms with Crippen LogP contribution in [0.15, 0.2) is 0 Å². The molecule has 1 aliphatic heterocycles. The molecule has 2 N–H and O–H groups in total. The summed E-state index contributed by atoms with van der Waals surface area (Å²) in [5, 5.41) is 14.1. The number of hydrogen-bond donors (Lipinski definition) is 2. The average Bonchev–Trinajstić information content (AvgIpc) is 2.71. The highest BCUT2D eigenvalue weighted by molar-refractivity contribution is 4.84. The fourth-order valence-corrected chi connectivity index (χ4v) is 3.44. The molecule has 0 radical (unpaired) electrons. The Balaban J connectivity index is 1.65. The van der Waals surface area contributed by atoms with E-state index in [0.717, 1.165) is 31.8 Å². The summed E-state index contributed by atoms with van der Waals surface area (Å²) in [6.07, 6.45) is 8.31. The molecule has 3 heteroatoms. The third-order valence-electron chi connectivity index (χ3n) is 4.74. The van der Waals surface area contributed by atoms with E-state index in [-0.39, 0.29) is 0 Å². The summed E-state index contributed by atoms with van der Waals surface area (Å²) < 4.78 is 0. The van der Waals surface area contributed by atoms with Crippen LogP contribution in [0.5, 0.6) is 0 Å². The molecule has 0 aromatic heterocycles. The van der Waals surface area contributed by atoms with E-state index in [1.165, 1.54) is 51.7 Å². The summed E-state index contributed by atoms with van der Waals surface area (Å²) in [4.78, 5) is 2.52. The molecule has 2 rings (SSSR count). The summed E-state index contributed by atoms with van der Waals surface area (Å²) in [5.74, 6) is 0.791. The summed E-state index contributed by atoms with van der Waals surface area (Å²) >= 11 is 0. The maximum absolute atomic E-state index is 10.6. The van der Waals surface area contributed by atoms with Gasteiger partial charge >= 0.3 is 0 Å². The van der Waals surface area contributed by atoms with Crippen LogP contribution in [0, 0.1) is 5.92 Å². The normalized spacial score (nSPS) is 29.3. The third-order valence-corrected chi connectivity index (χ3v) is 4.74. The summed E-state index contributed by atoms with van der Waals surface area (Å²) in [6, 6.07) is 0. The Bertz CT molecular complexity index is 237. The minimum Gasteiger partial charge on any atom is -0.389 e. The van der Waals surface area contributed by atoms with Crippen LogP contribution in [0.3, 0.4) is 0 Å². The first kappa shape index (κ1) is 14.3. The molecule has 2 aliphatic rings. The summed E-state index contributed by atoms with van der Waals surface area (Å²) in [7, 11) is 0. The molecule has 1 saturated heterocycles. The lowest BCUT2D eigenvalue weighted by Gasteiger charge is -2.27. The van der Waals surface area contributed by atoms with Gasteiger partial charge in [0.05, 0.1) is 5.60 Å². The van der Waals surface area contributed by atoms with E-state index in [1.54, 1.807) is 0 Å². The van der Waals surface area contributed by atoms with Crippen molar-refractivity contribution in [3.8, 4) is 0 Å². The first-order valence-electron chi connectivity index (χ1n) is 7.87. The zero-order chi connectivity index (χ0) is 12.8. The fourth-order valence-electron chi connectivity index (χ4n) is 3.44. The Morgan fingerprint density at radius 3 is 2.56 bits per heavy atom. The second kappa shape index (κ2) is 6.88. The highest BCUT2D eigenvalue weighted by atomic mass is 16.3. The first-order valence-corrected chi connectivity index (χ1v) is 7.87. The van der Waals surface area contributed by atoms with Crippen molar-refractivity contribution in [3.05, 3.63) is 0 Å². The SMILES string of the molecule is CCN1CCC(CNCC2(O)CCCCCC2)C1. The lowest BCUT2D eigenvalue weighted by atomic mass is 9.94. The topological polar surface area (TPSA) is 35.5 Å². The molecule has 106 valence electrons. The van der Waals surface area contributed by atoms with Gasteiger partial charge in [0.25, 0.3) is 0 Å². The second-order valence-electron chi connectivity index (χ2n) is 6.32. The molecule has 0 aromatic rings. The van der Waals surface area contributed by atoms with E-state index in [1.807, 2.05) is 0 Å². The molecule has 1 unspecified atom stereocenters. The molecule has 3 nitrogen and oxygen atoms in total. The van der Waals surface area contributed by atoms with Crippen molar-refractivity contribution >= 4 is 0 Å². The Labute approximate surface area is 112 Å². The molecule has 0 bridgehead atoms. The maximum Gasteiger partial charge on any atom is 0.0771 e. The standard InChI is InChI=1S/C15H30N2O/c1-2-17-10-7-14(12-17)11-16-13-15(18)8-5-3-4-6-9-15/h14,16,18H,2-13H2,1H3. The highest BCUT2D eigenvalue weighted by Gasteiger charge is 2.28. The summed E-state index contributed by atoms with van der Waals surface area (Å²) in [6.45, 7) is 7.80. The summed E-state index contributed by atoms with van der Waals surface area (Å²) in [5.41, 5.74) is -0.417. The maximum atomic E-state index is 10.6. The van der Waals surface area contributed by atoms with E-state index in [2.05, 4.69) is 17.1 Å². The van der Waals surface area contributed by atoms with Crippen molar-refractivity contribution in [1.82, 2.24) is 10.2 Å². The van der Waals surface area contributed by atoms with Crippen molar-refractivity contribution in [1.29, 1.82) is 0 Å². The van der Waals surface area contributed by atoms with Gasteiger partial charge in [-0.05, 0) is 44.8 Å². The van der Waals surface area contributed by atoms with Crippen molar-refractivity contribution in [3.63, 3.8) is 0 Å². The molecule has 2 fully saturated rings. The van der Waals surface area contributed by atoms with Crippen LogP contribution in [0.1, 0.15) is 51.9 Å². The van der Waals surface area contributed by atoms with E-state index in [4.69, 9.17) is 0 Å². The third kappa shape index (κ3) is 4.22. The minimum atomic E-state index is -0.417. The van der Waals surface area contributed by atoms with Gasteiger partial charge in [0.1, 0.15) is 0 Å². The van der Waals surface area contributed by atoms with Gasteiger partial charge in [-0.15, -0.1) is 0 Å². The molecule has 1 heterocycles. The smallest absolute Gasteiger partial charge is 0.0771 e. The number of aliphatic hydroxyl groups is 1. The minimum absolute atomic E-state index is 0.417. The number of hydrogen-bond acceptors (Lipinski definition) is 3. The van der Waals surface area contributed by atoms with Crippen LogP contribution in [0.2, 0.25) is 0 Å². The van der Waals surface area contributed by atoms with E-state index < -0.39 is 5.60 Å². The number of nitrogens with zero attached hydrogens (tertiary/aromatic N) is 1. The Morgan fingerprint density at radius 2 is 1.94 bits per heavy atom. The predicted molar refractivity (Wildman–Crippen MR) is 75.7 cm³/mol. The van der Waals surface area contributed by atoms with Crippen LogP contribution < -0.4 is 5.32 Å². The zero-order valence-corrected chi connectivity index (χ0v) is 12.0. The van der Waals surface area contributed by atoms with Crippen molar-refractivity contribution in [2.45, 2.75) is 57.5 Å². The van der Waals surface area contributed by atoms with Gasteiger partial charge in [0, 0.05) is 13.1 Å². The molecule has 1 atom stereocenters. The zero-order valence-electron chi connectivity index (χ0n) is 12.0. The van der Waals surface area contributed by atoms with Gasteiger partial charge in [0.15, 0.2) is 0 Å². The van der Waals surface area contributed by atoms with Gasteiger partial charge in [-0.1, -0.05) is 32.6 Å². The quantitative estimate of drug-likeness (QED) is 0.737. The molecule has 18 heavy (non-hydrogen) atoms. The number of nitrogens with one attached hydrogen (secondary N) is 1. The van der Waals surface area contributed by atoms with Gasteiger partial charge < -0.3 is 15.3 Å². The van der Waals surface area contributed by atoms with E-state index in [9.17, 15) is 5.11 Å². The Kier molecular flexibility index (Phi) is 5.46. The number of rotatable bonds is 5. The van der Waals surface area contributed by atoms with Crippen molar-refractivity contribution < 1.29 is 5.11 Å². The average molecular weight is 254 g/mol. The number of likely N-dealkylation sites (tertiary alicyclic amines) is 1. The molecule has 1 saturated carbocycles. The molecule has 0 spiro atoms. The first-order chi connectivity index (χ1) is 8.72. The lowest BCUT2D eigenvalue weighted by Crippen LogP contribution is -2.42. The van der Waals surface area contributed by atoms with Gasteiger partial charge in [-0.25, -0.2) is 0 Å². The van der Waals surface area contributed by atoms with Crippen LogP contribution in [0.4, 0.5) is 0 Å². The van der Waals surface area contributed by atoms with Crippen LogP contribution >= 0.6 is 0 Å². The molecular formula is C15H30N2O. The van der Waals surface area contributed by atoms with Crippen LogP contribution in [-0.2, 0) is 0 Å². The predicted octanol–water partition coefficient (Wildman–Crippen LogP) is 2.00. The van der Waals surface area contributed by atoms with E-state index >= 15 is 0 Å². The molecule has 0 aromatic carbocycles. The molecular weight excluding hydrogens is 224 g/mol. The van der Waals surface area contributed by atoms with Gasteiger partial charge in [-0.3, -0.25) is 0 Å².